The van der Waals surface area contributed by atoms with E-state index in [0.29, 0.717) is 11.8 Å². The van der Waals surface area contributed by atoms with E-state index in [1.54, 1.807) is 11.3 Å². The Kier molecular flexibility index (Phi) is 3.48. The second-order valence-electron chi connectivity index (χ2n) is 5.89. The number of nitrogens with zero attached hydrogens (tertiary/aromatic N) is 1. The lowest BCUT2D eigenvalue weighted by atomic mass is 10.2. The van der Waals surface area contributed by atoms with Crippen LogP contribution < -0.4 is 10.6 Å². The molecular weight excluding hydrogens is 258 g/mol. The second kappa shape index (κ2) is 5.12. The number of aromatic nitrogens is 1. The first-order chi connectivity index (χ1) is 9.13. The number of amides is 2. The van der Waals surface area contributed by atoms with Gasteiger partial charge in [-0.15, -0.1) is 11.3 Å². The minimum absolute atomic E-state index is 0.0378. The van der Waals surface area contributed by atoms with Crippen LogP contribution in [0.5, 0.6) is 0 Å². The maximum Gasteiger partial charge on any atom is 0.315 e. The number of carbonyl (C=O) groups is 1. The molecule has 0 bridgehead atoms. The Morgan fingerprint density at radius 2 is 2.00 bits per heavy atom. The van der Waals surface area contributed by atoms with Crippen LogP contribution in [0.2, 0.25) is 0 Å². The van der Waals surface area contributed by atoms with E-state index in [0.717, 1.165) is 10.7 Å². The Morgan fingerprint density at radius 3 is 2.53 bits per heavy atom. The minimum Gasteiger partial charge on any atom is -0.335 e. The van der Waals surface area contributed by atoms with Crippen LogP contribution in [0, 0.1) is 18.8 Å². The smallest absolute Gasteiger partial charge is 0.315 e. The van der Waals surface area contributed by atoms with E-state index >= 15 is 0 Å². The van der Waals surface area contributed by atoms with Gasteiger partial charge in [-0.05, 0) is 51.4 Å². The molecule has 2 fully saturated rings. The number of thiazole rings is 1. The van der Waals surface area contributed by atoms with Crippen molar-refractivity contribution in [3.8, 4) is 0 Å². The predicted molar refractivity (Wildman–Crippen MR) is 76.2 cm³/mol. The molecule has 1 aromatic rings. The molecule has 2 aliphatic carbocycles. The molecule has 104 valence electrons. The highest BCUT2D eigenvalue weighted by molar-refractivity contribution is 7.09. The van der Waals surface area contributed by atoms with Gasteiger partial charge in [-0.1, -0.05) is 0 Å². The van der Waals surface area contributed by atoms with Gasteiger partial charge >= 0.3 is 6.03 Å². The minimum atomic E-state index is -0.0378. The van der Waals surface area contributed by atoms with E-state index in [2.05, 4.69) is 27.9 Å². The molecule has 19 heavy (non-hydrogen) atoms. The third kappa shape index (κ3) is 3.26. The first-order valence-corrected chi connectivity index (χ1v) is 8.00. The highest BCUT2D eigenvalue weighted by Crippen LogP contribution is 2.41. The van der Waals surface area contributed by atoms with E-state index in [-0.39, 0.29) is 18.1 Å². The topological polar surface area (TPSA) is 54.0 Å². The molecule has 0 unspecified atom stereocenters. The third-order valence-corrected chi connectivity index (χ3v) is 5.02. The van der Waals surface area contributed by atoms with Gasteiger partial charge in [0, 0.05) is 17.1 Å². The number of aryl methyl sites for hydroxylation is 1. The van der Waals surface area contributed by atoms with Gasteiger partial charge in [0.15, 0.2) is 0 Å². The average Bonchev–Trinajstić information content (AvgIpc) is 3.25. The summed E-state index contributed by atoms with van der Waals surface area (Å²) in [5, 5.41) is 9.28. The number of hydrogen-bond acceptors (Lipinski definition) is 3. The van der Waals surface area contributed by atoms with Gasteiger partial charge in [-0.2, -0.15) is 0 Å². The van der Waals surface area contributed by atoms with Crippen LogP contribution in [0.25, 0.3) is 0 Å². The molecule has 2 atom stereocenters. The number of urea groups is 1. The molecule has 2 N–H and O–H groups in total. The molecule has 0 radical (unpaired) electrons. The largest absolute Gasteiger partial charge is 0.335 e. The summed E-state index contributed by atoms with van der Waals surface area (Å²) in [6.07, 6.45) is 4.89. The molecule has 2 aliphatic rings. The first-order valence-electron chi connectivity index (χ1n) is 7.12. The van der Waals surface area contributed by atoms with Crippen LogP contribution in [0.15, 0.2) is 5.38 Å². The zero-order chi connectivity index (χ0) is 13.4. The maximum absolute atomic E-state index is 12.1. The quantitative estimate of drug-likeness (QED) is 0.870. The fourth-order valence-electron chi connectivity index (χ4n) is 2.43. The molecule has 0 aromatic carbocycles. The van der Waals surface area contributed by atoms with Crippen LogP contribution in [0.3, 0.4) is 0 Å². The molecule has 4 nitrogen and oxygen atoms in total. The second-order valence-corrected chi connectivity index (χ2v) is 6.78. The normalized spacial score (nSPS) is 21.8. The van der Waals surface area contributed by atoms with Crippen LogP contribution in [-0.2, 0) is 0 Å². The van der Waals surface area contributed by atoms with Crippen molar-refractivity contribution < 1.29 is 4.79 Å². The fraction of sp³-hybridized carbons (Fsp3) is 0.714. The third-order valence-electron chi connectivity index (χ3n) is 3.97. The molecule has 0 saturated heterocycles. The zero-order valence-corrected chi connectivity index (χ0v) is 12.3. The van der Waals surface area contributed by atoms with E-state index in [9.17, 15) is 4.79 Å². The van der Waals surface area contributed by atoms with Gasteiger partial charge in [0.2, 0.25) is 0 Å². The van der Waals surface area contributed by atoms with Crippen LogP contribution in [0.4, 0.5) is 4.79 Å². The van der Waals surface area contributed by atoms with E-state index < -0.39 is 0 Å². The Bertz CT molecular complexity index is 465. The fourth-order valence-corrected chi connectivity index (χ4v) is 3.37. The van der Waals surface area contributed by atoms with Crippen molar-refractivity contribution in [1.82, 2.24) is 15.6 Å². The number of hydrogen-bond donors (Lipinski definition) is 2. The number of nitrogens with one attached hydrogen (secondary N) is 2. The Balaban J connectivity index is 1.59. The summed E-state index contributed by atoms with van der Waals surface area (Å²) in [6, 6.07) is 0.354. The van der Waals surface area contributed by atoms with Crippen molar-refractivity contribution in [3.63, 3.8) is 0 Å². The van der Waals surface area contributed by atoms with Gasteiger partial charge < -0.3 is 10.6 Å². The summed E-state index contributed by atoms with van der Waals surface area (Å²) < 4.78 is 0. The summed E-state index contributed by atoms with van der Waals surface area (Å²) in [5.74, 6) is 1.26. The number of carbonyl (C=O) groups excluding carboxylic acids is 1. The molecule has 5 heteroatoms. The van der Waals surface area contributed by atoms with Crippen LogP contribution in [-0.4, -0.2) is 17.1 Å². The van der Waals surface area contributed by atoms with Crippen molar-refractivity contribution in [1.29, 1.82) is 0 Å². The van der Waals surface area contributed by atoms with Gasteiger partial charge in [-0.25, -0.2) is 9.78 Å². The van der Waals surface area contributed by atoms with Crippen molar-refractivity contribution >= 4 is 17.4 Å². The lowest BCUT2D eigenvalue weighted by Gasteiger charge is -2.19. The van der Waals surface area contributed by atoms with Crippen molar-refractivity contribution in [2.75, 3.05) is 0 Å². The Labute approximate surface area is 118 Å². The molecule has 0 spiro atoms. The lowest BCUT2D eigenvalue weighted by Crippen LogP contribution is -2.43. The molecule has 1 aromatic heterocycles. The molecule has 0 aliphatic heterocycles. The molecular formula is C14H21N3OS. The van der Waals surface area contributed by atoms with Gasteiger partial charge in [0.25, 0.3) is 0 Å². The Morgan fingerprint density at radius 1 is 1.32 bits per heavy atom. The highest BCUT2D eigenvalue weighted by Gasteiger charge is 2.36. The summed E-state index contributed by atoms with van der Waals surface area (Å²) >= 11 is 1.65. The zero-order valence-electron chi connectivity index (χ0n) is 11.5. The number of rotatable bonds is 5. The van der Waals surface area contributed by atoms with Crippen LogP contribution >= 0.6 is 11.3 Å². The average molecular weight is 279 g/mol. The summed E-state index contributed by atoms with van der Waals surface area (Å²) in [6.45, 7) is 4.09. The van der Waals surface area contributed by atoms with Gasteiger partial charge in [0.05, 0.1) is 6.04 Å². The molecule has 3 rings (SSSR count). The molecule has 2 amide bonds. The highest BCUT2D eigenvalue weighted by atomic mass is 32.1. The van der Waals surface area contributed by atoms with Gasteiger partial charge in [0.1, 0.15) is 5.01 Å². The van der Waals surface area contributed by atoms with Gasteiger partial charge in [-0.3, -0.25) is 0 Å². The summed E-state index contributed by atoms with van der Waals surface area (Å²) in [4.78, 5) is 16.6. The SMILES string of the molecule is Cc1csc([C@@H](NC(=O)N[C@H](C)C2CC2)C2CC2)n1. The summed E-state index contributed by atoms with van der Waals surface area (Å²) in [7, 11) is 0. The van der Waals surface area contributed by atoms with E-state index in [1.807, 2.05) is 6.92 Å². The first kappa shape index (κ1) is 12.9. The lowest BCUT2D eigenvalue weighted by molar-refractivity contribution is 0.231. The predicted octanol–water partition coefficient (Wildman–Crippen LogP) is 3.00. The van der Waals surface area contributed by atoms with Crippen LogP contribution in [0.1, 0.15) is 49.4 Å². The standard InChI is InChI=1S/C14H21N3OS/c1-8-7-19-13(15-8)12(11-5-6-11)17-14(18)16-9(2)10-3-4-10/h7,9-12H,3-6H2,1-2H3,(H2,16,17,18)/t9-,12+/m1/s1. The Hall–Kier alpha value is -1.10. The van der Waals surface area contributed by atoms with Crippen molar-refractivity contribution in [2.24, 2.45) is 11.8 Å². The summed E-state index contributed by atoms with van der Waals surface area (Å²) in [5.41, 5.74) is 1.04. The van der Waals surface area contributed by atoms with Crippen molar-refractivity contribution in [3.05, 3.63) is 16.1 Å². The monoisotopic (exact) mass is 279 g/mol. The molecule has 2 saturated carbocycles. The van der Waals surface area contributed by atoms with E-state index in [4.69, 9.17) is 0 Å². The maximum atomic E-state index is 12.1. The van der Waals surface area contributed by atoms with Crippen molar-refractivity contribution in [2.45, 2.75) is 51.6 Å². The van der Waals surface area contributed by atoms with E-state index in [1.165, 1.54) is 25.7 Å². The molecule has 1 heterocycles.